The summed E-state index contributed by atoms with van der Waals surface area (Å²) in [6.45, 7) is 4.01. The van der Waals surface area contributed by atoms with Gasteiger partial charge in [-0.2, -0.15) is 0 Å². The van der Waals surface area contributed by atoms with Gasteiger partial charge in [0.15, 0.2) is 5.82 Å². The van der Waals surface area contributed by atoms with E-state index in [1.54, 1.807) is 11.3 Å². The van der Waals surface area contributed by atoms with Crippen molar-refractivity contribution in [2.24, 2.45) is 0 Å². The number of nitrogens with zero attached hydrogens (tertiary/aromatic N) is 5. The lowest BCUT2D eigenvalue weighted by atomic mass is 10.2. The fourth-order valence-corrected chi connectivity index (χ4v) is 3.88. The van der Waals surface area contributed by atoms with Crippen molar-refractivity contribution in [1.82, 2.24) is 24.6 Å². The maximum atomic E-state index is 12.4. The topological polar surface area (TPSA) is 63.9 Å². The third kappa shape index (κ3) is 2.72. The molecule has 1 amide bonds. The van der Waals surface area contributed by atoms with E-state index in [0.717, 1.165) is 35.3 Å². The van der Waals surface area contributed by atoms with Gasteiger partial charge in [0.2, 0.25) is 5.91 Å². The minimum absolute atomic E-state index is 0.163. The molecule has 1 aromatic carbocycles. The average Bonchev–Trinajstić information content (AvgIpc) is 3.15. The van der Waals surface area contributed by atoms with Crippen LogP contribution in [0.1, 0.15) is 23.1 Å². The molecule has 3 heterocycles. The van der Waals surface area contributed by atoms with Gasteiger partial charge in [-0.05, 0) is 19.1 Å². The van der Waals surface area contributed by atoms with Crippen LogP contribution in [0.5, 0.6) is 0 Å². The second-order valence-electron chi connectivity index (χ2n) is 5.71. The molecule has 0 saturated carbocycles. The third-order valence-electron chi connectivity index (χ3n) is 4.18. The first-order valence-corrected chi connectivity index (χ1v) is 8.53. The molecular formula is C16H17N5OS. The first-order chi connectivity index (χ1) is 11.2. The van der Waals surface area contributed by atoms with Gasteiger partial charge in [-0.25, -0.2) is 4.98 Å². The quantitative estimate of drug-likeness (QED) is 0.739. The zero-order valence-electron chi connectivity index (χ0n) is 12.9. The fourth-order valence-electron chi connectivity index (χ4n) is 2.91. The van der Waals surface area contributed by atoms with Crippen LogP contribution in [-0.4, -0.2) is 37.1 Å². The van der Waals surface area contributed by atoms with Crippen molar-refractivity contribution in [3.05, 3.63) is 40.9 Å². The van der Waals surface area contributed by atoms with E-state index >= 15 is 0 Å². The minimum atomic E-state index is 0.163. The Morgan fingerprint density at radius 2 is 2.13 bits per heavy atom. The number of amides is 1. The van der Waals surface area contributed by atoms with Gasteiger partial charge < -0.3 is 9.47 Å². The van der Waals surface area contributed by atoms with Crippen LogP contribution in [0.3, 0.4) is 0 Å². The first kappa shape index (κ1) is 14.3. The number of hydrogen-bond donors (Lipinski definition) is 0. The zero-order valence-corrected chi connectivity index (χ0v) is 13.7. The maximum Gasteiger partial charge on any atom is 0.223 e. The number of aromatic nitrogens is 4. The Morgan fingerprint density at radius 3 is 3.00 bits per heavy atom. The molecule has 0 N–H and O–H groups in total. The Labute approximate surface area is 137 Å². The predicted octanol–water partition coefficient (Wildman–Crippen LogP) is 2.17. The number of para-hydroxylation sites is 1. The molecular weight excluding hydrogens is 310 g/mol. The average molecular weight is 327 g/mol. The molecule has 2 aromatic heterocycles. The summed E-state index contributed by atoms with van der Waals surface area (Å²) in [5, 5.41) is 9.25. The van der Waals surface area contributed by atoms with Crippen molar-refractivity contribution >= 4 is 27.5 Å². The Morgan fingerprint density at radius 1 is 1.26 bits per heavy atom. The summed E-state index contributed by atoms with van der Waals surface area (Å²) in [7, 11) is 0. The number of thiazole rings is 1. The van der Waals surface area contributed by atoms with Gasteiger partial charge in [0.1, 0.15) is 5.82 Å². The summed E-state index contributed by atoms with van der Waals surface area (Å²) in [5.74, 6) is 1.96. The van der Waals surface area contributed by atoms with Gasteiger partial charge in [0, 0.05) is 25.9 Å². The maximum absolute atomic E-state index is 12.4. The second-order valence-corrected chi connectivity index (χ2v) is 6.82. The van der Waals surface area contributed by atoms with Crippen LogP contribution in [-0.2, 0) is 24.3 Å². The van der Waals surface area contributed by atoms with E-state index in [1.807, 2.05) is 30.0 Å². The van der Waals surface area contributed by atoms with E-state index in [1.165, 1.54) is 4.70 Å². The lowest BCUT2D eigenvalue weighted by molar-refractivity contribution is -0.132. The largest absolute Gasteiger partial charge is 0.333 e. The number of benzene rings is 1. The molecule has 0 radical (unpaired) electrons. The van der Waals surface area contributed by atoms with Gasteiger partial charge in [0.05, 0.1) is 21.8 Å². The standard InChI is InChI=1S/C16H17N5OS/c1-11-18-19-14-10-20(8-9-21(11)14)16(22)7-6-15-17-12-4-2-3-5-13(12)23-15/h2-5H,6-10H2,1H3. The van der Waals surface area contributed by atoms with Gasteiger partial charge in [-0.1, -0.05) is 12.1 Å². The van der Waals surface area contributed by atoms with Gasteiger partial charge in [-0.3, -0.25) is 4.79 Å². The number of aryl methyl sites for hydroxylation is 2. The van der Waals surface area contributed by atoms with Crippen LogP contribution in [0.25, 0.3) is 10.2 Å². The normalized spacial score (nSPS) is 14.2. The lowest BCUT2D eigenvalue weighted by Gasteiger charge is -2.27. The Balaban J connectivity index is 1.40. The van der Waals surface area contributed by atoms with E-state index in [9.17, 15) is 4.79 Å². The van der Waals surface area contributed by atoms with Crippen molar-refractivity contribution in [1.29, 1.82) is 0 Å². The van der Waals surface area contributed by atoms with Crippen molar-refractivity contribution in [2.75, 3.05) is 6.54 Å². The molecule has 0 atom stereocenters. The van der Waals surface area contributed by atoms with E-state index in [0.29, 0.717) is 19.4 Å². The predicted molar refractivity (Wildman–Crippen MR) is 88.1 cm³/mol. The van der Waals surface area contributed by atoms with Gasteiger partial charge in [-0.15, -0.1) is 21.5 Å². The molecule has 0 unspecified atom stereocenters. The molecule has 6 nitrogen and oxygen atoms in total. The highest BCUT2D eigenvalue weighted by Gasteiger charge is 2.23. The number of fused-ring (bicyclic) bond motifs is 2. The van der Waals surface area contributed by atoms with Crippen LogP contribution in [0.2, 0.25) is 0 Å². The fraction of sp³-hybridized carbons (Fsp3) is 0.375. The summed E-state index contributed by atoms with van der Waals surface area (Å²) in [4.78, 5) is 18.9. The molecule has 1 aliphatic rings. The van der Waals surface area contributed by atoms with Crippen LogP contribution in [0.4, 0.5) is 0 Å². The molecule has 0 spiro atoms. The van der Waals surface area contributed by atoms with Crippen molar-refractivity contribution < 1.29 is 4.79 Å². The first-order valence-electron chi connectivity index (χ1n) is 7.71. The number of rotatable bonds is 3. The monoisotopic (exact) mass is 327 g/mol. The summed E-state index contributed by atoms with van der Waals surface area (Å²) in [6, 6.07) is 8.08. The van der Waals surface area contributed by atoms with Crippen LogP contribution < -0.4 is 0 Å². The highest BCUT2D eigenvalue weighted by Crippen LogP contribution is 2.23. The van der Waals surface area contributed by atoms with Gasteiger partial charge >= 0.3 is 0 Å². The van der Waals surface area contributed by atoms with Crippen LogP contribution in [0, 0.1) is 6.92 Å². The summed E-state index contributed by atoms with van der Waals surface area (Å²) in [6.07, 6.45) is 1.19. The van der Waals surface area contributed by atoms with Crippen molar-refractivity contribution in [3.8, 4) is 0 Å². The molecule has 1 aliphatic heterocycles. The molecule has 0 bridgehead atoms. The van der Waals surface area contributed by atoms with Gasteiger partial charge in [0.25, 0.3) is 0 Å². The molecule has 4 rings (SSSR count). The van der Waals surface area contributed by atoms with Crippen LogP contribution >= 0.6 is 11.3 Å². The number of carbonyl (C=O) groups is 1. The Hall–Kier alpha value is -2.28. The van der Waals surface area contributed by atoms with E-state index < -0.39 is 0 Å². The Kier molecular flexibility index (Phi) is 3.57. The molecule has 7 heteroatoms. The molecule has 0 saturated heterocycles. The highest BCUT2D eigenvalue weighted by atomic mass is 32.1. The number of carbonyl (C=O) groups excluding carboxylic acids is 1. The van der Waals surface area contributed by atoms with E-state index in [-0.39, 0.29) is 5.91 Å². The smallest absolute Gasteiger partial charge is 0.223 e. The van der Waals surface area contributed by atoms with Crippen LogP contribution in [0.15, 0.2) is 24.3 Å². The minimum Gasteiger partial charge on any atom is -0.333 e. The Bertz CT molecular complexity index is 835. The second kappa shape index (κ2) is 5.73. The molecule has 118 valence electrons. The summed E-state index contributed by atoms with van der Waals surface area (Å²) in [5.41, 5.74) is 1.02. The summed E-state index contributed by atoms with van der Waals surface area (Å²) >= 11 is 1.67. The molecule has 23 heavy (non-hydrogen) atoms. The van der Waals surface area contributed by atoms with E-state index in [2.05, 4.69) is 25.8 Å². The lowest BCUT2D eigenvalue weighted by Crippen LogP contribution is -2.38. The SMILES string of the molecule is Cc1nnc2n1CCN(C(=O)CCc1nc3ccccc3s1)C2. The van der Waals surface area contributed by atoms with E-state index in [4.69, 9.17) is 0 Å². The van der Waals surface area contributed by atoms with Crippen molar-refractivity contribution in [2.45, 2.75) is 32.9 Å². The highest BCUT2D eigenvalue weighted by molar-refractivity contribution is 7.18. The summed E-state index contributed by atoms with van der Waals surface area (Å²) < 4.78 is 3.26. The zero-order chi connectivity index (χ0) is 15.8. The molecule has 0 aliphatic carbocycles. The number of hydrogen-bond acceptors (Lipinski definition) is 5. The molecule has 3 aromatic rings. The third-order valence-corrected chi connectivity index (χ3v) is 5.28. The molecule has 0 fully saturated rings. The van der Waals surface area contributed by atoms with Crippen molar-refractivity contribution in [3.63, 3.8) is 0 Å².